The Morgan fingerprint density at radius 3 is 2.29 bits per heavy atom. The molecule has 8 nitrogen and oxygen atoms in total. The highest BCUT2D eigenvalue weighted by molar-refractivity contribution is 7.09. The van der Waals surface area contributed by atoms with Crippen molar-refractivity contribution in [3.63, 3.8) is 0 Å². The number of hydrogen-bond donors (Lipinski definition) is 3. The number of para-hydroxylation sites is 1. The summed E-state index contributed by atoms with van der Waals surface area (Å²) in [6.07, 6.45) is 0.800. The molecule has 184 valence electrons. The van der Waals surface area contributed by atoms with Gasteiger partial charge in [0.1, 0.15) is 10.9 Å². The maximum absolute atomic E-state index is 14.0. The van der Waals surface area contributed by atoms with Crippen LogP contribution in [0.1, 0.15) is 63.2 Å². The van der Waals surface area contributed by atoms with Crippen LogP contribution in [0.25, 0.3) is 0 Å². The van der Waals surface area contributed by atoms with Gasteiger partial charge in [-0.15, -0.1) is 0 Å². The summed E-state index contributed by atoms with van der Waals surface area (Å²) in [5.74, 6) is -1.26. The van der Waals surface area contributed by atoms with E-state index in [0.29, 0.717) is 23.7 Å². The maximum Gasteiger partial charge on any atom is 0.273 e. The Hall–Kier alpha value is -3.72. The molecule has 35 heavy (non-hydrogen) atoms. The van der Waals surface area contributed by atoms with Crippen LogP contribution >= 0.6 is 11.5 Å². The Morgan fingerprint density at radius 2 is 1.71 bits per heavy atom. The van der Waals surface area contributed by atoms with Crippen LogP contribution in [-0.4, -0.2) is 28.6 Å². The number of nitrogens with two attached hydrogens (primary N) is 2. The SMILES string of the molecule is Cc1ccc([C@@H](C(=O)NCCC(C)C)N(C(=O)c2snc(C(N)=O)c2N)c2ccccc2C)cc1. The van der Waals surface area contributed by atoms with Crippen molar-refractivity contribution >= 4 is 40.6 Å². The Bertz CT molecular complexity index is 1220. The monoisotopic (exact) mass is 493 g/mol. The molecule has 1 atom stereocenters. The molecule has 0 aliphatic carbocycles. The fourth-order valence-electron chi connectivity index (χ4n) is 3.69. The van der Waals surface area contributed by atoms with Crippen LogP contribution < -0.4 is 21.7 Å². The number of nitrogen functional groups attached to an aromatic ring is 1. The second kappa shape index (κ2) is 11.1. The van der Waals surface area contributed by atoms with Gasteiger partial charge in [-0.2, -0.15) is 4.37 Å². The number of nitrogens with one attached hydrogen (secondary N) is 1. The molecule has 0 saturated heterocycles. The summed E-state index contributed by atoms with van der Waals surface area (Å²) in [6, 6.07) is 13.8. The first-order valence-electron chi connectivity index (χ1n) is 11.4. The highest BCUT2D eigenvalue weighted by Crippen LogP contribution is 2.34. The molecular weight excluding hydrogens is 462 g/mol. The second-order valence-corrected chi connectivity index (χ2v) is 9.66. The molecule has 0 fully saturated rings. The molecule has 2 aromatic carbocycles. The summed E-state index contributed by atoms with van der Waals surface area (Å²) >= 11 is 0.791. The van der Waals surface area contributed by atoms with E-state index in [0.717, 1.165) is 29.1 Å². The molecule has 9 heteroatoms. The van der Waals surface area contributed by atoms with E-state index in [1.54, 1.807) is 12.1 Å². The standard InChI is InChI=1S/C26H31N5O3S/c1-15(2)13-14-29-25(33)22(18-11-9-16(3)10-12-18)31(19-8-6-5-7-17(19)4)26(34)23-20(27)21(24(28)32)30-35-23/h5-12,15,22H,13-14,27H2,1-4H3,(H2,28,32)(H,29,33)/t22-/m0/s1. The Kier molecular flexibility index (Phi) is 8.24. The van der Waals surface area contributed by atoms with E-state index < -0.39 is 17.9 Å². The first-order valence-corrected chi connectivity index (χ1v) is 12.2. The zero-order chi connectivity index (χ0) is 25.7. The molecular formula is C26H31N5O3S. The molecule has 0 aliphatic heterocycles. The molecule has 1 aromatic heterocycles. The van der Waals surface area contributed by atoms with Gasteiger partial charge in [0.05, 0.1) is 5.69 Å². The van der Waals surface area contributed by atoms with Gasteiger partial charge in [0.2, 0.25) is 5.91 Å². The van der Waals surface area contributed by atoms with Gasteiger partial charge in [-0.3, -0.25) is 19.3 Å². The number of anilines is 2. The first-order chi connectivity index (χ1) is 16.6. The lowest BCUT2D eigenvalue weighted by Gasteiger charge is -2.32. The van der Waals surface area contributed by atoms with Crippen molar-refractivity contribution in [1.82, 2.24) is 9.69 Å². The predicted molar refractivity (Wildman–Crippen MR) is 139 cm³/mol. The maximum atomic E-state index is 14.0. The number of aromatic nitrogens is 1. The van der Waals surface area contributed by atoms with Gasteiger partial charge < -0.3 is 16.8 Å². The lowest BCUT2D eigenvalue weighted by atomic mass is 10.00. The summed E-state index contributed by atoms with van der Waals surface area (Å²) in [5, 5.41) is 2.99. The third-order valence-corrected chi connectivity index (χ3v) is 6.52. The molecule has 3 amide bonds. The third kappa shape index (κ3) is 5.86. The van der Waals surface area contributed by atoms with Gasteiger partial charge in [0.15, 0.2) is 5.69 Å². The van der Waals surface area contributed by atoms with E-state index in [2.05, 4.69) is 23.5 Å². The number of carbonyl (C=O) groups excluding carboxylic acids is 3. The van der Waals surface area contributed by atoms with Crippen molar-refractivity contribution in [2.24, 2.45) is 11.7 Å². The minimum atomic E-state index is -0.977. The zero-order valence-electron chi connectivity index (χ0n) is 20.4. The van der Waals surface area contributed by atoms with Crippen molar-refractivity contribution in [3.8, 4) is 0 Å². The number of aryl methyl sites for hydroxylation is 2. The summed E-state index contributed by atoms with van der Waals surface area (Å²) in [7, 11) is 0. The van der Waals surface area contributed by atoms with Crippen LogP contribution in [-0.2, 0) is 4.79 Å². The quantitative estimate of drug-likeness (QED) is 0.415. The summed E-state index contributed by atoms with van der Waals surface area (Å²) < 4.78 is 3.99. The topological polar surface area (TPSA) is 131 Å². The van der Waals surface area contributed by atoms with E-state index in [1.807, 2.05) is 50.2 Å². The van der Waals surface area contributed by atoms with Gasteiger partial charge in [-0.05, 0) is 54.9 Å². The number of amides is 3. The van der Waals surface area contributed by atoms with Crippen LogP contribution in [0.5, 0.6) is 0 Å². The van der Waals surface area contributed by atoms with Crippen LogP contribution in [0.2, 0.25) is 0 Å². The lowest BCUT2D eigenvalue weighted by molar-refractivity contribution is -0.122. The summed E-state index contributed by atoms with van der Waals surface area (Å²) in [4.78, 5) is 40.9. The van der Waals surface area contributed by atoms with E-state index >= 15 is 0 Å². The number of carbonyl (C=O) groups is 3. The largest absolute Gasteiger partial charge is 0.395 e. The molecule has 0 bridgehead atoms. The van der Waals surface area contributed by atoms with Crippen LogP contribution in [0.4, 0.5) is 11.4 Å². The minimum absolute atomic E-state index is 0.0501. The third-order valence-electron chi connectivity index (χ3n) is 5.67. The van der Waals surface area contributed by atoms with E-state index in [1.165, 1.54) is 4.90 Å². The van der Waals surface area contributed by atoms with Crippen molar-refractivity contribution in [2.75, 3.05) is 17.2 Å². The van der Waals surface area contributed by atoms with Gasteiger partial charge in [-0.1, -0.05) is 61.9 Å². The van der Waals surface area contributed by atoms with Gasteiger partial charge >= 0.3 is 0 Å². The summed E-state index contributed by atoms with van der Waals surface area (Å²) in [6.45, 7) is 8.45. The Morgan fingerprint density at radius 1 is 1.06 bits per heavy atom. The fourth-order valence-corrected chi connectivity index (χ4v) is 4.43. The van der Waals surface area contributed by atoms with Gasteiger partial charge in [0, 0.05) is 12.2 Å². The van der Waals surface area contributed by atoms with Crippen molar-refractivity contribution in [3.05, 3.63) is 75.8 Å². The zero-order valence-corrected chi connectivity index (χ0v) is 21.2. The Balaban J connectivity index is 2.17. The molecule has 0 radical (unpaired) electrons. The van der Waals surface area contributed by atoms with Crippen LogP contribution in [0, 0.1) is 19.8 Å². The van der Waals surface area contributed by atoms with Crippen molar-refractivity contribution in [1.29, 1.82) is 0 Å². The molecule has 1 heterocycles. The number of benzene rings is 2. The first kappa shape index (κ1) is 25.9. The minimum Gasteiger partial charge on any atom is -0.395 e. The molecule has 0 aliphatic rings. The number of hydrogen-bond acceptors (Lipinski definition) is 6. The fraction of sp³-hybridized carbons (Fsp3) is 0.308. The predicted octanol–water partition coefficient (Wildman–Crippen LogP) is 3.99. The lowest BCUT2D eigenvalue weighted by Crippen LogP contribution is -2.44. The average molecular weight is 494 g/mol. The average Bonchev–Trinajstić information content (AvgIpc) is 3.20. The highest BCUT2D eigenvalue weighted by Gasteiger charge is 2.36. The Labute approximate surface area is 209 Å². The van der Waals surface area contributed by atoms with Crippen molar-refractivity contribution in [2.45, 2.75) is 40.2 Å². The molecule has 0 unspecified atom stereocenters. The van der Waals surface area contributed by atoms with Gasteiger partial charge in [0.25, 0.3) is 11.8 Å². The van der Waals surface area contributed by atoms with Gasteiger partial charge in [-0.25, -0.2) is 0 Å². The van der Waals surface area contributed by atoms with Crippen LogP contribution in [0.3, 0.4) is 0 Å². The molecule has 0 saturated carbocycles. The normalized spacial score (nSPS) is 11.8. The molecule has 3 rings (SSSR count). The molecule has 5 N–H and O–H groups in total. The number of nitrogens with zero attached hydrogens (tertiary/aromatic N) is 2. The molecule has 0 spiro atoms. The van der Waals surface area contributed by atoms with E-state index in [9.17, 15) is 14.4 Å². The van der Waals surface area contributed by atoms with E-state index in [-0.39, 0.29) is 22.2 Å². The number of primary amides is 1. The van der Waals surface area contributed by atoms with Crippen molar-refractivity contribution < 1.29 is 14.4 Å². The van der Waals surface area contributed by atoms with Crippen LogP contribution in [0.15, 0.2) is 48.5 Å². The molecule has 3 aromatic rings. The summed E-state index contributed by atoms with van der Waals surface area (Å²) in [5.41, 5.74) is 14.3. The van der Waals surface area contributed by atoms with E-state index in [4.69, 9.17) is 11.5 Å². The second-order valence-electron chi connectivity index (χ2n) is 8.89. The highest BCUT2D eigenvalue weighted by atomic mass is 32.1. The number of rotatable bonds is 9. The smallest absolute Gasteiger partial charge is 0.273 e.